The Labute approximate surface area is 131 Å². The van der Waals surface area contributed by atoms with Crippen LogP contribution in [0.3, 0.4) is 0 Å². The predicted octanol–water partition coefficient (Wildman–Crippen LogP) is 4.33. The first kappa shape index (κ1) is 14.1. The fraction of sp³-hybridized carbons (Fsp3) is 0.533. The number of nitrogens with two attached hydrogens (primary N) is 1. The van der Waals surface area contributed by atoms with Crippen molar-refractivity contribution in [3.05, 3.63) is 21.5 Å². The van der Waals surface area contributed by atoms with Gasteiger partial charge in [-0.2, -0.15) is 0 Å². The fourth-order valence-electron chi connectivity index (χ4n) is 3.21. The minimum Gasteiger partial charge on any atom is -0.369 e. The third-order valence-electron chi connectivity index (χ3n) is 4.29. The lowest BCUT2D eigenvalue weighted by Gasteiger charge is -2.10. The first-order chi connectivity index (χ1) is 9.65. The number of nitrogen functional groups attached to an aromatic ring is 1. The van der Waals surface area contributed by atoms with Crippen molar-refractivity contribution >= 4 is 39.6 Å². The maximum absolute atomic E-state index is 13.7. The van der Waals surface area contributed by atoms with Crippen molar-refractivity contribution in [1.29, 1.82) is 0 Å². The molecule has 1 aliphatic rings. The molecule has 2 N–H and O–H groups in total. The van der Waals surface area contributed by atoms with E-state index >= 15 is 0 Å². The monoisotopic (exact) mass is 387 g/mol. The summed E-state index contributed by atoms with van der Waals surface area (Å²) in [6, 6.07) is 3.31. The molecule has 0 unspecified atom stereocenters. The molecule has 1 heterocycles. The van der Waals surface area contributed by atoms with Crippen LogP contribution in [0.25, 0.3) is 11.0 Å². The SMILES string of the molecule is Nc1nc2cc(I)c(F)cc2n1CCCC1CCCC1. The highest BCUT2D eigenvalue weighted by Gasteiger charge is 2.15. The average molecular weight is 387 g/mol. The quantitative estimate of drug-likeness (QED) is 0.794. The Morgan fingerprint density at radius 3 is 2.85 bits per heavy atom. The van der Waals surface area contributed by atoms with Gasteiger partial charge in [-0.3, -0.25) is 0 Å². The van der Waals surface area contributed by atoms with E-state index in [-0.39, 0.29) is 5.82 Å². The third-order valence-corrected chi connectivity index (χ3v) is 5.12. The number of hydrogen-bond donors (Lipinski definition) is 1. The van der Waals surface area contributed by atoms with E-state index in [4.69, 9.17) is 5.73 Å². The summed E-state index contributed by atoms with van der Waals surface area (Å²) in [7, 11) is 0. The number of imidazole rings is 1. The highest BCUT2D eigenvalue weighted by molar-refractivity contribution is 14.1. The Kier molecular flexibility index (Phi) is 4.14. The maximum Gasteiger partial charge on any atom is 0.201 e. The largest absolute Gasteiger partial charge is 0.369 e. The van der Waals surface area contributed by atoms with E-state index in [2.05, 4.69) is 4.98 Å². The van der Waals surface area contributed by atoms with Gasteiger partial charge in [0, 0.05) is 12.6 Å². The number of nitrogens with zero attached hydrogens (tertiary/aromatic N) is 2. The molecule has 0 atom stereocenters. The van der Waals surface area contributed by atoms with Gasteiger partial charge in [-0.05, 0) is 47.4 Å². The molecule has 0 spiro atoms. The van der Waals surface area contributed by atoms with Gasteiger partial charge in [-0.15, -0.1) is 0 Å². The molecule has 5 heteroatoms. The van der Waals surface area contributed by atoms with E-state index in [1.54, 1.807) is 12.1 Å². The summed E-state index contributed by atoms with van der Waals surface area (Å²) in [4.78, 5) is 4.33. The van der Waals surface area contributed by atoms with Crippen LogP contribution < -0.4 is 5.73 Å². The van der Waals surface area contributed by atoms with E-state index in [1.807, 2.05) is 27.2 Å². The second kappa shape index (κ2) is 5.87. The molecule has 0 radical (unpaired) electrons. The van der Waals surface area contributed by atoms with Gasteiger partial charge >= 0.3 is 0 Å². The smallest absolute Gasteiger partial charge is 0.201 e. The Morgan fingerprint density at radius 1 is 1.35 bits per heavy atom. The molecule has 1 saturated carbocycles. The van der Waals surface area contributed by atoms with E-state index in [1.165, 1.54) is 32.1 Å². The molecule has 0 bridgehead atoms. The summed E-state index contributed by atoms with van der Waals surface area (Å²) in [5, 5.41) is 0. The topological polar surface area (TPSA) is 43.8 Å². The Hall–Kier alpha value is -0.850. The lowest BCUT2D eigenvalue weighted by atomic mass is 10.0. The molecule has 20 heavy (non-hydrogen) atoms. The van der Waals surface area contributed by atoms with Crippen molar-refractivity contribution in [1.82, 2.24) is 9.55 Å². The van der Waals surface area contributed by atoms with Gasteiger partial charge < -0.3 is 10.3 Å². The first-order valence-electron chi connectivity index (χ1n) is 7.26. The van der Waals surface area contributed by atoms with Crippen LogP contribution in [-0.2, 0) is 6.54 Å². The molecule has 3 rings (SSSR count). The maximum atomic E-state index is 13.7. The first-order valence-corrected chi connectivity index (χ1v) is 8.34. The zero-order chi connectivity index (χ0) is 14.1. The number of fused-ring (bicyclic) bond motifs is 1. The van der Waals surface area contributed by atoms with Gasteiger partial charge in [0.25, 0.3) is 0 Å². The van der Waals surface area contributed by atoms with Gasteiger partial charge in [0.1, 0.15) is 5.82 Å². The van der Waals surface area contributed by atoms with Crippen molar-refractivity contribution in [3.63, 3.8) is 0 Å². The van der Waals surface area contributed by atoms with E-state index in [0.717, 1.165) is 29.9 Å². The van der Waals surface area contributed by atoms with Crippen molar-refractivity contribution in [2.45, 2.75) is 45.1 Å². The normalized spacial score (nSPS) is 16.3. The number of aryl methyl sites for hydroxylation is 1. The number of anilines is 1. The summed E-state index contributed by atoms with van der Waals surface area (Å²) in [6.07, 6.45) is 7.83. The van der Waals surface area contributed by atoms with Crippen LogP contribution in [0.1, 0.15) is 38.5 Å². The molecular formula is C15H19FIN3. The van der Waals surface area contributed by atoms with Gasteiger partial charge in [0.15, 0.2) is 0 Å². The summed E-state index contributed by atoms with van der Waals surface area (Å²) in [6.45, 7) is 0.832. The van der Waals surface area contributed by atoms with Crippen molar-refractivity contribution in [2.24, 2.45) is 5.92 Å². The minimum atomic E-state index is -0.199. The molecule has 2 aromatic rings. The fourth-order valence-corrected chi connectivity index (χ4v) is 3.66. The molecule has 0 saturated heterocycles. The van der Waals surface area contributed by atoms with E-state index < -0.39 is 0 Å². The highest BCUT2D eigenvalue weighted by atomic mass is 127. The second-order valence-electron chi connectivity index (χ2n) is 5.67. The summed E-state index contributed by atoms with van der Waals surface area (Å²) in [5.41, 5.74) is 7.57. The lowest BCUT2D eigenvalue weighted by Crippen LogP contribution is -2.05. The molecule has 0 aliphatic heterocycles. The number of halogens is 2. The van der Waals surface area contributed by atoms with Crippen LogP contribution in [0.4, 0.5) is 10.3 Å². The van der Waals surface area contributed by atoms with E-state index in [9.17, 15) is 4.39 Å². The van der Waals surface area contributed by atoms with Crippen molar-refractivity contribution < 1.29 is 4.39 Å². The van der Waals surface area contributed by atoms with E-state index in [0.29, 0.717) is 9.52 Å². The minimum absolute atomic E-state index is 0.199. The van der Waals surface area contributed by atoms with Crippen LogP contribution in [0.2, 0.25) is 0 Å². The van der Waals surface area contributed by atoms with Gasteiger partial charge in [-0.25, -0.2) is 9.37 Å². The summed E-state index contributed by atoms with van der Waals surface area (Å²) in [5.74, 6) is 1.17. The molecule has 0 amide bonds. The third kappa shape index (κ3) is 2.77. The zero-order valence-electron chi connectivity index (χ0n) is 11.4. The summed E-state index contributed by atoms with van der Waals surface area (Å²) >= 11 is 1.98. The van der Waals surface area contributed by atoms with Crippen LogP contribution in [0.15, 0.2) is 12.1 Å². The molecule has 1 aliphatic carbocycles. The molecule has 3 nitrogen and oxygen atoms in total. The predicted molar refractivity (Wildman–Crippen MR) is 88.0 cm³/mol. The number of benzene rings is 1. The molecule has 1 aromatic heterocycles. The van der Waals surface area contributed by atoms with Crippen LogP contribution in [-0.4, -0.2) is 9.55 Å². The average Bonchev–Trinajstić information content (AvgIpc) is 3.01. The standard InChI is InChI=1S/C15H19FIN3/c16-11-8-14-13(9-12(11)17)19-15(18)20(14)7-3-6-10-4-1-2-5-10/h8-10H,1-7H2,(H2,18,19). The lowest BCUT2D eigenvalue weighted by molar-refractivity contribution is 0.462. The number of hydrogen-bond acceptors (Lipinski definition) is 2. The molecule has 1 fully saturated rings. The summed E-state index contributed by atoms with van der Waals surface area (Å²) < 4.78 is 16.3. The van der Waals surface area contributed by atoms with Gasteiger partial charge in [-0.1, -0.05) is 25.7 Å². The van der Waals surface area contributed by atoms with Gasteiger partial charge in [0.2, 0.25) is 5.95 Å². The zero-order valence-corrected chi connectivity index (χ0v) is 13.6. The Bertz CT molecular complexity index is 617. The second-order valence-corrected chi connectivity index (χ2v) is 6.83. The van der Waals surface area contributed by atoms with Crippen LogP contribution in [0.5, 0.6) is 0 Å². The molecule has 1 aromatic carbocycles. The highest BCUT2D eigenvalue weighted by Crippen LogP contribution is 2.29. The van der Waals surface area contributed by atoms with Gasteiger partial charge in [0.05, 0.1) is 14.6 Å². The molecular weight excluding hydrogens is 368 g/mol. The Balaban J connectivity index is 1.76. The van der Waals surface area contributed by atoms with Crippen molar-refractivity contribution in [2.75, 3.05) is 5.73 Å². The Morgan fingerprint density at radius 2 is 2.10 bits per heavy atom. The number of aromatic nitrogens is 2. The van der Waals surface area contributed by atoms with Crippen molar-refractivity contribution in [3.8, 4) is 0 Å². The number of rotatable bonds is 4. The van der Waals surface area contributed by atoms with Crippen LogP contribution >= 0.6 is 22.6 Å². The van der Waals surface area contributed by atoms with Crippen LogP contribution in [0, 0.1) is 15.3 Å². The molecule has 108 valence electrons.